The Balaban J connectivity index is 1.11. The van der Waals surface area contributed by atoms with Crippen molar-refractivity contribution in [3.05, 3.63) is 194 Å². The molecule has 0 fully saturated rings. The normalized spacial score (nSPS) is 11.5. The van der Waals surface area contributed by atoms with Gasteiger partial charge in [-0.25, -0.2) is 0 Å². The van der Waals surface area contributed by atoms with E-state index in [0.717, 1.165) is 21.9 Å². The van der Waals surface area contributed by atoms with Gasteiger partial charge in [0.05, 0.1) is 0 Å². The first-order valence-corrected chi connectivity index (χ1v) is 17.5. The number of hydrogen-bond acceptors (Lipinski definition) is 1. The zero-order valence-corrected chi connectivity index (χ0v) is 27.9. The van der Waals surface area contributed by atoms with Crippen molar-refractivity contribution in [1.29, 1.82) is 0 Å². The van der Waals surface area contributed by atoms with Crippen molar-refractivity contribution >= 4 is 43.5 Å². The van der Waals surface area contributed by atoms with Crippen LogP contribution in [0, 0.1) is 0 Å². The van der Waals surface area contributed by atoms with Crippen LogP contribution in [0.1, 0.15) is 0 Å². The molecule has 0 aliphatic rings. The van der Waals surface area contributed by atoms with Crippen LogP contribution in [-0.2, 0) is 0 Å². The van der Waals surface area contributed by atoms with Crippen LogP contribution in [0.15, 0.2) is 199 Å². The first-order chi connectivity index (χ1) is 25.3. The lowest BCUT2D eigenvalue weighted by atomic mass is 9.85. The van der Waals surface area contributed by atoms with Crippen molar-refractivity contribution in [3.63, 3.8) is 0 Å². The highest BCUT2D eigenvalue weighted by atomic mass is 16.3. The van der Waals surface area contributed by atoms with Gasteiger partial charge in [-0.15, -0.1) is 0 Å². The monoisotopic (exact) mass is 648 g/mol. The van der Waals surface area contributed by atoms with Crippen LogP contribution >= 0.6 is 0 Å². The predicted molar refractivity (Wildman–Crippen MR) is 216 cm³/mol. The molecule has 0 radical (unpaired) electrons. The van der Waals surface area contributed by atoms with Crippen LogP contribution in [0.25, 0.3) is 99.1 Å². The van der Waals surface area contributed by atoms with Crippen LogP contribution < -0.4 is 0 Å². The molecule has 1 aromatic heterocycles. The average molecular weight is 649 g/mol. The molecule has 10 rings (SSSR count). The molecule has 1 heteroatoms. The van der Waals surface area contributed by atoms with Gasteiger partial charge in [-0.2, -0.15) is 0 Å². The highest BCUT2D eigenvalue weighted by Gasteiger charge is 2.20. The van der Waals surface area contributed by atoms with Gasteiger partial charge in [-0.1, -0.05) is 176 Å². The third-order valence-electron chi connectivity index (χ3n) is 10.3. The van der Waals surface area contributed by atoms with Crippen LogP contribution in [0.5, 0.6) is 0 Å². The molecule has 0 bridgehead atoms. The van der Waals surface area contributed by atoms with Crippen molar-refractivity contribution in [2.24, 2.45) is 0 Å². The Morgan fingerprint density at radius 2 is 0.686 bits per heavy atom. The van der Waals surface area contributed by atoms with Crippen molar-refractivity contribution in [3.8, 4) is 55.6 Å². The Morgan fingerprint density at radius 3 is 1.24 bits per heavy atom. The second-order valence-electron chi connectivity index (χ2n) is 13.2. The second-order valence-corrected chi connectivity index (χ2v) is 13.2. The zero-order valence-electron chi connectivity index (χ0n) is 27.9. The minimum Gasteiger partial charge on any atom is -0.456 e. The minimum absolute atomic E-state index is 0.894. The van der Waals surface area contributed by atoms with E-state index in [1.54, 1.807) is 0 Å². The third-order valence-corrected chi connectivity index (χ3v) is 10.3. The van der Waals surface area contributed by atoms with Crippen LogP contribution in [0.4, 0.5) is 0 Å². The Bertz CT molecular complexity index is 2800. The quantitative estimate of drug-likeness (QED) is 0.169. The number of fused-ring (bicyclic) bond motifs is 5. The van der Waals surface area contributed by atoms with Gasteiger partial charge in [0.25, 0.3) is 0 Å². The maximum absolute atomic E-state index is 6.54. The topological polar surface area (TPSA) is 13.1 Å². The van der Waals surface area contributed by atoms with Gasteiger partial charge in [-0.05, 0) is 95.4 Å². The maximum Gasteiger partial charge on any atom is 0.136 e. The SMILES string of the molecule is c1ccc(-c2ccc(-c3ccc(-c4ccc5oc6cccc(-c7c8ccccc8c(-c8ccccc8)c8ccccc78)c6c5c4)cc3)cc2)cc1. The second kappa shape index (κ2) is 12.0. The largest absolute Gasteiger partial charge is 0.456 e. The molecular weight excluding hydrogens is 617 g/mol. The number of hydrogen-bond donors (Lipinski definition) is 0. The summed E-state index contributed by atoms with van der Waals surface area (Å²) in [6.45, 7) is 0. The molecule has 0 atom stereocenters. The van der Waals surface area contributed by atoms with E-state index in [1.165, 1.54) is 77.2 Å². The molecule has 0 amide bonds. The summed E-state index contributed by atoms with van der Waals surface area (Å²) < 4.78 is 6.54. The standard InChI is InChI=1S/C50H32O/c1-3-12-33(13-4-1)34-22-24-35(25-23-34)36-26-28-37(29-27-36)39-30-31-46-45(32-39)50-44(20-11-21-47(50)51-46)49-42-18-9-7-16-40(42)48(38-14-5-2-6-15-38)41-17-8-10-19-43(41)49/h1-32H. The minimum atomic E-state index is 0.894. The molecule has 0 saturated heterocycles. The summed E-state index contributed by atoms with van der Waals surface area (Å²) >= 11 is 0. The van der Waals surface area contributed by atoms with Crippen molar-refractivity contribution in [2.75, 3.05) is 0 Å². The van der Waals surface area contributed by atoms with Gasteiger partial charge >= 0.3 is 0 Å². The van der Waals surface area contributed by atoms with E-state index in [-0.39, 0.29) is 0 Å². The van der Waals surface area contributed by atoms with Crippen LogP contribution in [0.3, 0.4) is 0 Å². The molecule has 0 aliphatic carbocycles. The van der Waals surface area contributed by atoms with E-state index in [2.05, 4.69) is 194 Å². The smallest absolute Gasteiger partial charge is 0.136 e. The lowest BCUT2D eigenvalue weighted by Crippen LogP contribution is -1.91. The molecule has 1 nitrogen and oxygen atoms in total. The van der Waals surface area contributed by atoms with E-state index in [9.17, 15) is 0 Å². The van der Waals surface area contributed by atoms with E-state index in [4.69, 9.17) is 4.42 Å². The van der Waals surface area contributed by atoms with E-state index in [0.29, 0.717) is 0 Å². The zero-order chi connectivity index (χ0) is 33.7. The van der Waals surface area contributed by atoms with E-state index < -0.39 is 0 Å². The summed E-state index contributed by atoms with van der Waals surface area (Å²) in [5.41, 5.74) is 13.9. The van der Waals surface area contributed by atoms with Gasteiger partial charge in [-0.3, -0.25) is 0 Å². The van der Waals surface area contributed by atoms with Crippen LogP contribution in [0.2, 0.25) is 0 Å². The first-order valence-electron chi connectivity index (χ1n) is 17.5. The van der Waals surface area contributed by atoms with Gasteiger partial charge in [0.2, 0.25) is 0 Å². The molecule has 0 N–H and O–H groups in total. The average Bonchev–Trinajstić information content (AvgIpc) is 3.59. The Morgan fingerprint density at radius 1 is 0.255 bits per heavy atom. The highest BCUT2D eigenvalue weighted by Crippen LogP contribution is 2.47. The molecule has 10 aromatic rings. The highest BCUT2D eigenvalue weighted by molar-refractivity contribution is 6.25. The molecule has 238 valence electrons. The Kier molecular flexibility index (Phi) is 6.89. The lowest BCUT2D eigenvalue weighted by Gasteiger charge is -2.18. The van der Waals surface area contributed by atoms with E-state index >= 15 is 0 Å². The molecule has 0 spiro atoms. The summed E-state index contributed by atoms with van der Waals surface area (Å²) in [7, 11) is 0. The lowest BCUT2D eigenvalue weighted by molar-refractivity contribution is 0.669. The summed E-state index contributed by atoms with van der Waals surface area (Å²) in [6.07, 6.45) is 0. The fourth-order valence-corrected chi connectivity index (χ4v) is 7.89. The molecule has 1 heterocycles. The molecule has 51 heavy (non-hydrogen) atoms. The molecule has 9 aromatic carbocycles. The van der Waals surface area contributed by atoms with Crippen molar-refractivity contribution in [1.82, 2.24) is 0 Å². The Labute approximate surface area is 296 Å². The first kappa shape index (κ1) is 29.2. The molecule has 0 saturated carbocycles. The van der Waals surface area contributed by atoms with Gasteiger partial charge in [0.1, 0.15) is 11.2 Å². The van der Waals surface area contributed by atoms with Gasteiger partial charge in [0.15, 0.2) is 0 Å². The number of benzene rings is 9. The molecule has 0 aliphatic heterocycles. The van der Waals surface area contributed by atoms with Crippen molar-refractivity contribution < 1.29 is 4.42 Å². The number of rotatable bonds is 5. The fraction of sp³-hybridized carbons (Fsp3) is 0. The summed E-state index contributed by atoms with van der Waals surface area (Å²) in [5, 5.41) is 7.24. The van der Waals surface area contributed by atoms with Gasteiger partial charge in [0, 0.05) is 10.8 Å². The number of furan rings is 1. The summed E-state index contributed by atoms with van der Waals surface area (Å²) in [6, 6.07) is 69.8. The van der Waals surface area contributed by atoms with E-state index in [1.807, 2.05) is 0 Å². The summed E-state index contributed by atoms with van der Waals surface area (Å²) in [5.74, 6) is 0. The maximum atomic E-state index is 6.54. The van der Waals surface area contributed by atoms with Gasteiger partial charge < -0.3 is 4.42 Å². The summed E-state index contributed by atoms with van der Waals surface area (Å²) in [4.78, 5) is 0. The third kappa shape index (κ3) is 4.94. The van der Waals surface area contributed by atoms with Crippen molar-refractivity contribution in [2.45, 2.75) is 0 Å². The Hall–Kier alpha value is -6.70. The molecular formula is C50H32O. The molecule has 0 unspecified atom stereocenters. The predicted octanol–water partition coefficient (Wildman–Crippen LogP) is 14.2. The fourth-order valence-electron chi connectivity index (χ4n) is 7.89. The van der Waals surface area contributed by atoms with Crippen LogP contribution in [-0.4, -0.2) is 0 Å².